The molecule has 32 heavy (non-hydrogen) atoms. The zero-order valence-electron chi connectivity index (χ0n) is 17.9. The number of aromatic nitrogens is 1. The van der Waals surface area contributed by atoms with Crippen molar-refractivity contribution in [2.75, 3.05) is 31.5 Å². The molecule has 1 saturated heterocycles. The van der Waals surface area contributed by atoms with Crippen LogP contribution in [0.25, 0.3) is 26.2 Å². The summed E-state index contributed by atoms with van der Waals surface area (Å²) in [6.45, 7) is 4.22. The van der Waals surface area contributed by atoms with Gasteiger partial charge < -0.3 is 15.6 Å². The summed E-state index contributed by atoms with van der Waals surface area (Å²) in [5.74, 6) is 0. The molecule has 3 heterocycles. The first-order chi connectivity index (χ1) is 15.7. The Hall–Kier alpha value is -3.22. The van der Waals surface area contributed by atoms with Gasteiger partial charge in [0, 0.05) is 58.1 Å². The number of benzene rings is 2. The lowest BCUT2D eigenvalue weighted by Gasteiger charge is -2.17. The minimum Gasteiger partial charge on any atom is -0.383 e. The number of hydrogen-bond acceptors (Lipinski definition) is 5. The van der Waals surface area contributed by atoms with Gasteiger partial charge in [-0.25, -0.2) is 0 Å². The summed E-state index contributed by atoms with van der Waals surface area (Å²) in [4.78, 5) is 16.5. The van der Waals surface area contributed by atoms with E-state index >= 15 is 0 Å². The lowest BCUT2D eigenvalue weighted by atomic mass is 10.1. The van der Waals surface area contributed by atoms with Crippen molar-refractivity contribution >= 4 is 33.3 Å². The molecule has 1 fully saturated rings. The quantitative estimate of drug-likeness (QED) is 0.386. The highest BCUT2D eigenvalue weighted by Gasteiger charge is 2.12. The van der Waals surface area contributed by atoms with Gasteiger partial charge in [-0.05, 0) is 73.3 Å². The molecule has 6 heteroatoms. The summed E-state index contributed by atoms with van der Waals surface area (Å²) in [5.41, 5.74) is 3.33. The first-order valence-corrected chi connectivity index (χ1v) is 11.9. The third-order valence-corrected chi connectivity index (χ3v) is 7.21. The van der Waals surface area contributed by atoms with Gasteiger partial charge in [0.15, 0.2) is 0 Å². The molecule has 2 aromatic heterocycles. The Balaban J connectivity index is 1.36. The number of thiophene rings is 1. The van der Waals surface area contributed by atoms with E-state index in [1.165, 1.54) is 42.2 Å². The van der Waals surface area contributed by atoms with Crippen LogP contribution in [0, 0.1) is 5.41 Å². The average molecular weight is 443 g/mol. The van der Waals surface area contributed by atoms with Gasteiger partial charge in [-0.2, -0.15) is 0 Å². The van der Waals surface area contributed by atoms with E-state index in [1.807, 2.05) is 42.6 Å². The highest BCUT2D eigenvalue weighted by molar-refractivity contribution is 7.22. The standard InChI is InChI=1S/C26H26N4OS/c27-18-21-15-22(7-8-23(21)28-10-14-29-11-3-4-12-29)30-13-9-20(17-26(30)31)25-16-19-5-1-2-6-24(19)32-25/h1-2,5-9,13,15-18,27-28H,3-4,10-12,14H2. The summed E-state index contributed by atoms with van der Waals surface area (Å²) < 4.78 is 2.85. The SMILES string of the molecule is N=Cc1cc(-n2ccc(-c3cc4ccccc4s3)cc2=O)ccc1NCCN1CCCC1. The third kappa shape index (κ3) is 4.24. The van der Waals surface area contributed by atoms with Crippen molar-refractivity contribution in [1.29, 1.82) is 5.41 Å². The maximum absolute atomic E-state index is 12.9. The van der Waals surface area contributed by atoms with Crippen molar-refractivity contribution in [3.8, 4) is 16.1 Å². The van der Waals surface area contributed by atoms with Gasteiger partial charge in [-0.15, -0.1) is 11.3 Å². The van der Waals surface area contributed by atoms with Gasteiger partial charge in [-0.3, -0.25) is 9.36 Å². The molecule has 0 amide bonds. The second kappa shape index (κ2) is 9.10. The number of nitrogens with zero attached hydrogens (tertiary/aromatic N) is 2. The second-order valence-electron chi connectivity index (χ2n) is 8.16. The monoisotopic (exact) mass is 442 g/mol. The largest absolute Gasteiger partial charge is 0.383 e. The Bertz CT molecular complexity index is 1280. The Morgan fingerprint density at radius 3 is 2.66 bits per heavy atom. The fourth-order valence-electron chi connectivity index (χ4n) is 4.30. The van der Waals surface area contributed by atoms with Gasteiger partial charge in [0.1, 0.15) is 0 Å². The smallest absolute Gasteiger partial charge is 0.255 e. The third-order valence-electron chi connectivity index (χ3n) is 6.04. The minimum atomic E-state index is -0.0781. The first kappa shape index (κ1) is 20.7. The number of likely N-dealkylation sites (tertiary alicyclic amines) is 1. The van der Waals surface area contributed by atoms with E-state index in [4.69, 9.17) is 5.41 Å². The number of pyridine rings is 1. The molecule has 0 aliphatic carbocycles. The molecule has 0 spiro atoms. The predicted octanol–water partition coefficient (Wildman–Crippen LogP) is 5.22. The van der Waals surface area contributed by atoms with E-state index < -0.39 is 0 Å². The zero-order valence-corrected chi connectivity index (χ0v) is 18.7. The van der Waals surface area contributed by atoms with E-state index in [0.29, 0.717) is 0 Å². The van der Waals surface area contributed by atoms with Crippen molar-refractivity contribution in [3.05, 3.63) is 82.8 Å². The fraction of sp³-hybridized carbons (Fsp3) is 0.231. The van der Waals surface area contributed by atoms with Crippen LogP contribution in [0.4, 0.5) is 5.69 Å². The summed E-state index contributed by atoms with van der Waals surface area (Å²) in [6, 6.07) is 19.9. The van der Waals surface area contributed by atoms with Gasteiger partial charge in [-0.1, -0.05) is 18.2 Å². The number of hydrogen-bond donors (Lipinski definition) is 2. The number of rotatable bonds is 7. The molecule has 5 nitrogen and oxygen atoms in total. The molecule has 0 bridgehead atoms. The van der Waals surface area contributed by atoms with E-state index in [1.54, 1.807) is 22.0 Å². The topological polar surface area (TPSA) is 61.1 Å². The van der Waals surface area contributed by atoms with Gasteiger partial charge >= 0.3 is 0 Å². The summed E-state index contributed by atoms with van der Waals surface area (Å²) >= 11 is 1.70. The summed E-state index contributed by atoms with van der Waals surface area (Å²) in [6.07, 6.45) is 5.75. The molecule has 0 radical (unpaired) electrons. The molecule has 2 aromatic carbocycles. The van der Waals surface area contributed by atoms with Crippen molar-refractivity contribution in [2.45, 2.75) is 12.8 Å². The highest BCUT2D eigenvalue weighted by Crippen LogP contribution is 2.32. The van der Waals surface area contributed by atoms with E-state index in [2.05, 4.69) is 28.4 Å². The van der Waals surface area contributed by atoms with Crippen LogP contribution in [0.5, 0.6) is 0 Å². The molecule has 4 aromatic rings. The maximum atomic E-state index is 12.9. The maximum Gasteiger partial charge on any atom is 0.255 e. The highest BCUT2D eigenvalue weighted by atomic mass is 32.1. The molecule has 0 unspecified atom stereocenters. The molecule has 162 valence electrons. The van der Waals surface area contributed by atoms with E-state index in [0.717, 1.165) is 40.5 Å². The van der Waals surface area contributed by atoms with Crippen LogP contribution < -0.4 is 10.9 Å². The predicted molar refractivity (Wildman–Crippen MR) is 135 cm³/mol. The van der Waals surface area contributed by atoms with Crippen molar-refractivity contribution in [1.82, 2.24) is 9.47 Å². The minimum absolute atomic E-state index is 0.0781. The van der Waals surface area contributed by atoms with Crippen molar-refractivity contribution in [3.63, 3.8) is 0 Å². The van der Waals surface area contributed by atoms with Crippen LogP contribution in [0.2, 0.25) is 0 Å². The van der Waals surface area contributed by atoms with Crippen LogP contribution >= 0.6 is 11.3 Å². The van der Waals surface area contributed by atoms with Crippen LogP contribution in [0.1, 0.15) is 18.4 Å². The number of anilines is 1. The molecular weight excluding hydrogens is 416 g/mol. The van der Waals surface area contributed by atoms with E-state index in [9.17, 15) is 4.79 Å². The fourth-order valence-corrected chi connectivity index (χ4v) is 5.36. The molecule has 5 rings (SSSR count). The summed E-state index contributed by atoms with van der Waals surface area (Å²) in [5, 5.41) is 12.5. The first-order valence-electron chi connectivity index (χ1n) is 11.0. The Morgan fingerprint density at radius 1 is 1.03 bits per heavy atom. The van der Waals surface area contributed by atoms with Crippen LogP contribution in [-0.4, -0.2) is 41.9 Å². The second-order valence-corrected chi connectivity index (χ2v) is 9.25. The molecule has 0 saturated carbocycles. The Labute approximate surface area is 191 Å². The number of fused-ring (bicyclic) bond motifs is 1. The lowest BCUT2D eigenvalue weighted by molar-refractivity contribution is 0.352. The normalized spacial score (nSPS) is 14.1. The van der Waals surface area contributed by atoms with Crippen LogP contribution in [0.15, 0.2) is 71.7 Å². The molecule has 1 aliphatic heterocycles. The molecular formula is C26H26N4OS. The number of nitrogens with one attached hydrogen (secondary N) is 2. The summed E-state index contributed by atoms with van der Waals surface area (Å²) in [7, 11) is 0. The zero-order chi connectivity index (χ0) is 21.9. The molecule has 0 atom stereocenters. The average Bonchev–Trinajstić information content (AvgIpc) is 3.49. The Kier molecular flexibility index (Phi) is 5.88. The van der Waals surface area contributed by atoms with E-state index in [-0.39, 0.29) is 5.56 Å². The lowest BCUT2D eigenvalue weighted by Crippen LogP contribution is -2.26. The van der Waals surface area contributed by atoms with Gasteiger partial charge in [0.25, 0.3) is 5.56 Å². The van der Waals surface area contributed by atoms with Crippen molar-refractivity contribution < 1.29 is 0 Å². The van der Waals surface area contributed by atoms with Gasteiger partial charge in [0.2, 0.25) is 0 Å². The molecule has 2 N–H and O–H groups in total. The van der Waals surface area contributed by atoms with Gasteiger partial charge in [0.05, 0.1) is 0 Å². The molecule has 1 aliphatic rings. The van der Waals surface area contributed by atoms with Crippen LogP contribution in [0.3, 0.4) is 0 Å². The Morgan fingerprint density at radius 2 is 1.88 bits per heavy atom. The van der Waals surface area contributed by atoms with Crippen LogP contribution in [-0.2, 0) is 0 Å². The van der Waals surface area contributed by atoms with Crippen molar-refractivity contribution in [2.24, 2.45) is 0 Å².